The fraction of sp³-hybridized carbons (Fsp3) is 0.273. The predicted octanol–water partition coefficient (Wildman–Crippen LogP) is 2.62. The van der Waals surface area contributed by atoms with E-state index in [0.717, 1.165) is 18.2 Å². The van der Waals surface area contributed by atoms with Gasteiger partial charge in [0.15, 0.2) is 11.6 Å². The molecule has 1 aliphatic heterocycles. The number of nitrogens with zero attached hydrogens (tertiary/aromatic N) is 1. The van der Waals surface area contributed by atoms with E-state index in [2.05, 4.69) is 15.4 Å². The average molecular weight is 495 g/mol. The zero-order valence-corrected chi connectivity index (χ0v) is 18.1. The monoisotopic (exact) mass is 495 g/mol. The molecule has 2 aromatic rings. The topological polar surface area (TPSA) is 138 Å². The van der Waals surface area contributed by atoms with Gasteiger partial charge in [0.1, 0.15) is 11.8 Å². The number of primary amides is 1. The molecule has 1 heterocycles. The highest BCUT2D eigenvalue weighted by molar-refractivity contribution is 6.44. The maximum Gasteiger partial charge on any atom is 0.573 e. The van der Waals surface area contributed by atoms with Crippen LogP contribution in [-0.4, -0.2) is 53.8 Å². The van der Waals surface area contributed by atoms with Crippen LogP contribution < -0.4 is 21.1 Å². The molecule has 0 aromatic heterocycles. The van der Waals surface area contributed by atoms with Crippen LogP contribution in [0.3, 0.4) is 0 Å². The van der Waals surface area contributed by atoms with Crippen molar-refractivity contribution < 1.29 is 36.7 Å². The number of nitrogens with one attached hydrogen (secondary N) is 3. The summed E-state index contributed by atoms with van der Waals surface area (Å²) in [6, 6.07) is 8.20. The van der Waals surface area contributed by atoms with E-state index < -0.39 is 53.1 Å². The normalized spacial score (nSPS) is 15.4. The summed E-state index contributed by atoms with van der Waals surface area (Å²) in [4.78, 5) is 38.1. The van der Waals surface area contributed by atoms with Crippen molar-refractivity contribution in [2.24, 2.45) is 5.73 Å². The van der Waals surface area contributed by atoms with E-state index in [1.165, 1.54) is 11.0 Å². The van der Waals surface area contributed by atoms with Crippen LogP contribution in [-0.2, 0) is 14.4 Å². The van der Waals surface area contributed by atoms with Crippen LogP contribution in [0.2, 0.25) is 0 Å². The lowest BCUT2D eigenvalue weighted by Gasteiger charge is -2.25. The fourth-order valence-electron chi connectivity index (χ4n) is 3.63. The SMILES string of the molecule is N=C(C(N)=O)c1ccccc1NCC(=O)N1CCC[C@H]1C(=O)Nc1cccc(OC(F)(F)F)c1F. The molecule has 0 saturated carbocycles. The second-order valence-electron chi connectivity index (χ2n) is 7.54. The maximum absolute atomic E-state index is 14.4. The van der Waals surface area contributed by atoms with E-state index in [1.54, 1.807) is 18.2 Å². The Morgan fingerprint density at radius 2 is 1.80 bits per heavy atom. The van der Waals surface area contributed by atoms with Crippen LogP contribution in [0.1, 0.15) is 18.4 Å². The number of halogens is 4. The molecule has 0 bridgehead atoms. The molecule has 3 amide bonds. The van der Waals surface area contributed by atoms with Crippen molar-refractivity contribution in [1.82, 2.24) is 4.90 Å². The lowest BCUT2D eigenvalue weighted by atomic mass is 10.1. The van der Waals surface area contributed by atoms with Crippen molar-refractivity contribution in [2.45, 2.75) is 25.2 Å². The number of nitrogens with two attached hydrogens (primary N) is 1. The highest BCUT2D eigenvalue weighted by Crippen LogP contribution is 2.30. The fourth-order valence-corrected chi connectivity index (χ4v) is 3.63. The Bertz CT molecular complexity index is 1150. The third kappa shape index (κ3) is 6.25. The van der Waals surface area contributed by atoms with Crippen LogP contribution in [0.4, 0.5) is 28.9 Å². The van der Waals surface area contributed by atoms with E-state index in [4.69, 9.17) is 11.1 Å². The number of anilines is 2. The van der Waals surface area contributed by atoms with Crippen LogP contribution in [0.25, 0.3) is 0 Å². The molecule has 1 saturated heterocycles. The zero-order valence-electron chi connectivity index (χ0n) is 18.1. The number of hydrogen-bond donors (Lipinski definition) is 4. The molecule has 2 aromatic carbocycles. The molecule has 186 valence electrons. The minimum Gasteiger partial charge on any atom is -0.403 e. The number of rotatable bonds is 8. The summed E-state index contributed by atoms with van der Waals surface area (Å²) < 4.78 is 55.3. The van der Waals surface area contributed by atoms with Gasteiger partial charge < -0.3 is 26.0 Å². The Morgan fingerprint density at radius 3 is 2.49 bits per heavy atom. The number of likely N-dealkylation sites (tertiary alicyclic amines) is 1. The first kappa shape index (κ1) is 25.5. The molecule has 0 aliphatic carbocycles. The van der Waals surface area contributed by atoms with Crippen molar-refractivity contribution in [3.05, 3.63) is 53.8 Å². The molecular weight excluding hydrogens is 474 g/mol. The van der Waals surface area contributed by atoms with Gasteiger partial charge in [-0.15, -0.1) is 13.2 Å². The molecule has 0 spiro atoms. The Kier molecular flexibility index (Phi) is 7.57. The van der Waals surface area contributed by atoms with Gasteiger partial charge in [0.2, 0.25) is 11.8 Å². The Hall–Kier alpha value is -4.16. The summed E-state index contributed by atoms with van der Waals surface area (Å²) in [6.07, 6.45) is -4.37. The zero-order chi connectivity index (χ0) is 25.8. The minimum absolute atomic E-state index is 0.194. The third-order valence-electron chi connectivity index (χ3n) is 5.20. The number of amides is 3. The van der Waals surface area contributed by atoms with Gasteiger partial charge >= 0.3 is 6.36 Å². The smallest absolute Gasteiger partial charge is 0.403 e. The van der Waals surface area contributed by atoms with Gasteiger partial charge in [0.25, 0.3) is 5.91 Å². The van der Waals surface area contributed by atoms with E-state index >= 15 is 0 Å². The highest BCUT2D eigenvalue weighted by atomic mass is 19.4. The molecule has 3 rings (SSSR count). The maximum atomic E-state index is 14.4. The number of benzene rings is 2. The van der Waals surface area contributed by atoms with Gasteiger partial charge in [-0.1, -0.05) is 24.3 Å². The summed E-state index contributed by atoms with van der Waals surface area (Å²) in [7, 11) is 0. The third-order valence-corrected chi connectivity index (χ3v) is 5.20. The van der Waals surface area contributed by atoms with Crippen LogP contribution >= 0.6 is 0 Å². The number of alkyl halides is 3. The lowest BCUT2D eigenvalue weighted by molar-refractivity contribution is -0.275. The molecule has 9 nitrogen and oxygen atoms in total. The molecule has 0 radical (unpaired) electrons. The van der Waals surface area contributed by atoms with Gasteiger partial charge in [-0.05, 0) is 31.0 Å². The summed E-state index contributed by atoms with van der Waals surface area (Å²) in [5.41, 5.74) is 4.70. The first-order valence-corrected chi connectivity index (χ1v) is 10.3. The largest absolute Gasteiger partial charge is 0.573 e. The van der Waals surface area contributed by atoms with E-state index in [9.17, 15) is 31.9 Å². The second kappa shape index (κ2) is 10.4. The first-order chi connectivity index (χ1) is 16.5. The van der Waals surface area contributed by atoms with Crippen LogP contribution in [0.5, 0.6) is 5.75 Å². The summed E-state index contributed by atoms with van der Waals surface area (Å²) in [6.45, 7) is -0.0484. The van der Waals surface area contributed by atoms with Crippen LogP contribution in [0.15, 0.2) is 42.5 Å². The molecular formula is C22H21F4N5O4. The van der Waals surface area contributed by atoms with E-state index in [0.29, 0.717) is 12.1 Å². The molecule has 13 heteroatoms. The molecule has 1 fully saturated rings. The molecule has 0 unspecified atom stereocenters. The number of para-hydroxylation sites is 1. The Morgan fingerprint density at radius 1 is 1.11 bits per heavy atom. The summed E-state index contributed by atoms with van der Waals surface area (Å²) in [5.74, 6) is -4.70. The second-order valence-corrected chi connectivity index (χ2v) is 7.54. The van der Waals surface area contributed by atoms with Gasteiger partial charge in [0, 0.05) is 17.8 Å². The number of carbonyl (C=O) groups excluding carboxylic acids is 3. The quantitative estimate of drug-likeness (QED) is 0.330. The van der Waals surface area contributed by atoms with Crippen molar-refractivity contribution in [2.75, 3.05) is 23.7 Å². The highest BCUT2D eigenvalue weighted by Gasteiger charge is 2.35. The van der Waals surface area contributed by atoms with Gasteiger partial charge in [-0.25, -0.2) is 4.39 Å². The van der Waals surface area contributed by atoms with Crippen molar-refractivity contribution in [1.29, 1.82) is 5.41 Å². The number of hydrogen-bond acceptors (Lipinski definition) is 6. The molecule has 35 heavy (non-hydrogen) atoms. The predicted molar refractivity (Wildman–Crippen MR) is 117 cm³/mol. The van der Waals surface area contributed by atoms with Crippen molar-refractivity contribution in [3.63, 3.8) is 0 Å². The lowest BCUT2D eigenvalue weighted by Crippen LogP contribution is -2.45. The van der Waals surface area contributed by atoms with Gasteiger partial charge in [-0.3, -0.25) is 19.8 Å². The minimum atomic E-state index is -5.11. The summed E-state index contributed by atoms with van der Waals surface area (Å²) >= 11 is 0. The Labute approximate surface area is 196 Å². The molecule has 1 aliphatic rings. The van der Waals surface area contributed by atoms with Crippen LogP contribution in [0, 0.1) is 11.2 Å². The molecule has 5 N–H and O–H groups in total. The Balaban J connectivity index is 1.68. The standard InChI is InChI=1S/C22H21F4N5O4/c23-18-14(7-3-9-16(18)35-22(24,25)26)30-21(34)15-8-4-10-31(15)17(32)11-29-13-6-2-1-5-12(13)19(27)20(28)33/h1-3,5-7,9,15,27,29H,4,8,10-11H2,(H2,28,33)(H,30,34)/t15-/m0/s1. The van der Waals surface area contributed by atoms with E-state index in [-0.39, 0.29) is 25.1 Å². The van der Waals surface area contributed by atoms with Crippen molar-refractivity contribution in [3.8, 4) is 5.75 Å². The first-order valence-electron chi connectivity index (χ1n) is 10.3. The van der Waals surface area contributed by atoms with Gasteiger partial charge in [0.05, 0.1) is 12.2 Å². The number of carbonyl (C=O) groups is 3. The average Bonchev–Trinajstić information content (AvgIpc) is 3.29. The number of ether oxygens (including phenoxy) is 1. The van der Waals surface area contributed by atoms with Crippen molar-refractivity contribution >= 4 is 34.8 Å². The summed E-state index contributed by atoms with van der Waals surface area (Å²) in [5, 5.41) is 12.8. The van der Waals surface area contributed by atoms with E-state index in [1.807, 2.05) is 0 Å². The van der Waals surface area contributed by atoms with Gasteiger partial charge in [-0.2, -0.15) is 0 Å². The molecule has 1 atom stereocenters.